The Hall–Kier alpha value is -1.03. The highest BCUT2D eigenvalue weighted by Gasteiger charge is 2.22. The molecule has 2 aromatic rings. The van der Waals surface area contributed by atoms with E-state index >= 15 is 0 Å². The van der Waals surface area contributed by atoms with E-state index in [1.165, 1.54) is 0 Å². The molecule has 0 saturated carbocycles. The summed E-state index contributed by atoms with van der Waals surface area (Å²) in [6.07, 6.45) is 0. The predicted molar refractivity (Wildman–Crippen MR) is 86.9 cm³/mol. The maximum atomic E-state index is 12.9. The molecule has 0 unspecified atom stereocenters. The van der Waals surface area contributed by atoms with Gasteiger partial charge in [0.25, 0.3) is 0 Å². The van der Waals surface area contributed by atoms with Crippen molar-refractivity contribution < 1.29 is 8.42 Å². The summed E-state index contributed by atoms with van der Waals surface area (Å²) >= 11 is 11.6. The SMILES string of the molecule is Cc1ccc(CCl)cc1S(=O)(=O)c1cc(CCl)ccc1C. The first kappa shape index (κ1) is 16.3. The van der Waals surface area contributed by atoms with E-state index in [2.05, 4.69) is 0 Å². The van der Waals surface area contributed by atoms with Crippen LogP contribution >= 0.6 is 23.2 Å². The molecule has 0 heterocycles. The van der Waals surface area contributed by atoms with Crippen LogP contribution in [0.2, 0.25) is 0 Å². The van der Waals surface area contributed by atoms with Crippen molar-refractivity contribution in [3.63, 3.8) is 0 Å². The maximum Gasteiger partial charge on any atom is 0.207 e. The van der Waals surface area contributed by atoms with Gasteiger partial charge < -0.3 is 0 Å². The molecule has 0 saturated heterocycles. The fraction of sp³-hybridized carbons (Fsp3) is 0.250. The van der Waals surface area contributed by atoms with E-state index in [1.54, 1.807) is 38.1 Å². The highest BCUT2D eigenvalue weighted by Crippen LogP contribution is 2.28. The smallest absolute Gasteiger partial charge is 0.207 e. The second-order valence-electron chi connectivity index (χ2n) is 4.97. The Labute approximate surface area is 135 Å². The van der Waals surface area contributed by atoms with Crippen LogP contribution in [-0.2, 0) is 21.6 Å². The third-order valence-corrected chi connectivity index (χ3v) is 6.05. The molecule has 0 spiro atoms. The molecule has 0 aliphatic rings. The Morgan fingerprint density at radius 2 is 1.19 bits per heavy atom. The Morgan fingerprint density at radius 1 is 0.810 bits per heavy atom. The summed E-state index contributed by atoms with van der Waals surface area (Å²) in [6.45, 7) is 3.57. The molecule has 0 radical (unpaired) electrons. The Bertz CT molecular complexity index is 708. The Balaban J connectivity index is 2.67. The van der Waals surface area contributed by atoms with E-state index in [-0.39, 0.29) is 11.8 Å². The van der Waals surface area contributed by atoms with Gasteiger partial charge in [-0.25, -0.2) is 8.42 Å². The average Bonchev–Trinajstić information content (AvgIpc) is 2.48. The van der Waals surface area contributed by atoms with Gasteiger partial charge in [0.2, 0.25) is 9.84 Å². The van der Waals surface area contributed by atoms with Crippen LogP contribution in [0.4, 0.5) is 0 Å². The van der Waals surface area contributed by atoms with E-state index < -0.39 is 9.84 Å². The van der Waals surface area contributed by atoms with E-state index in [9.17, 15) is 8.42 Å². The average molecular weight is 343 g/mol. The first-order chi connectivity index (χ1) is 9.90. The summed E-state index contributed by atoms with van der Waals surface area (Å²) < 4.78 is 25.9. The van der Waals surface area contributed by atoms with Crippen molar-refractivity contribution in [2.24, 2.45) is 0 Å². The highest BCUT2D eigenvalue weighted by atomic mass is 35.5. The monoisotopic (exact) mass is 342 g/mol. The van der Waals surface area contributed by atoms with Crippen LogP contribution < -0.4 is 0 Å². The number of benzene rings is 2. The standard InChI is InChI=1S/C16H16Cl2O2S/c1-11-3-5-13(9-17)7-15(11)21(19,20)16-8-14(10-18)6-4-12(16)2/h3-8H,9-10H2,1-2H3. The van der Waals surface area contributed by atoms with Crippen molar-refractivity contribution in [2.75, 3.05) is 0 Å². The van der Waals surface area contributed by atoms with Gasteiger partial charge in [-0.3, -0.25) is 0 Å². The van der Waals surface area contributed by atoms with Crippen molar-refractivity contribution in [3.05, 3.63) is 58.7 Å². The molecule has 2 aromatic carbocycles. The van der Waals surface area contributed by atoms with Gasteiger partial charge in [-0.05, 0) is 48.2 Å². The zero-order valence-corrected chi connectivity index (χ0v) is 14.2. The molecule has 0 aromatic heterocycles. The quantitative estimate of drug-likeness (QED) is 0.760. The van der Waals surface area contributed by atoms with Crippen LogP contribution in [0.3, 0.4) is 0 Å². The second kappa shape index (κ2) is 6.39. The van der Waals surface area contributed by atoms with Gasteiger partial charge in [-0.2, -0.15) is 0 Å². The third kappa shape index (κ3) is 3.25. The number of halogens is 2. The third-order valence-electron chi connectivity index (χ3n) is 3.39. The Morgan fingerprint density at radius 3 is 1.52 bits per heavy atom. The van der Waals surface area contributed by atoms with Crippen molar-refractivity contribution in [1.82, 2.24) is 0 Å². The summed E-state index contributed by atoms with van der Waals surface area (Å²) in [6, 6.07) is 10.5. The Kier molecular flexibility index (Phi) is 4.97. The van der Waals surface area contributed by atoms with Crippen LogP contribution in [0.15, 0.2) is 46.2 Å². The number of sulfone groups is 1. The largest absolute Gasteiger partial charge is 0.218 e. The molecule has 2 nitrogen and oxygen atoms in total. The number of rotatable bonds is 4. The lowest BCUT2D eigenvalue weighted by atomic mass is 10.2. The zero-order valence-electron chi connectivity index (χ0n) is 11.9. The molecule has 2 rings (SSSR count). The van der Waals surface area contributed by atoms with Crippen LogP contribution in [0.25, 0.3) is 0 Å². The number of hydrogen-bond acceptors (Lipinski definition) is 2. The molecule has 0 N–H and O–H groups in total. The minimum atomic E-state index is -3.58. The van der Waals surface area contributed by atoms with E-state index in [0.29, 0.717) is 20.9 Å². The minimum absolute atomic E-state index is 0.281. The maximum absolute atomic E-state index is 12.9. The van der Waals surface area contributed by atoms with Gasteiger partial charge in [-0.15, -0.1) is 23.2 Å². The summed E-state index contributed by atoms with van der Waals surface area (Å²) in [5.41, 5.74) is 2.98. The van der Waals surface area contributed by atoms with Gasteiger partial charge in [0.05, 0.1) is 9.79 Å². The van der Waals surface area contributed by atoms with Crippen LogP contribution in [-0.4, -0.2) is 8.42 Å². The lowest BCUT2D eigenvalue weighted by Crippen LogP contribution is -2.07. The van der Waals surface area contributed by atoms with Crippen molar-refractivity contribution in [1.29, 1.82) is 0 Å². The summed E-state index contributed by atoms with van der Waals surface area (Å²) in [5, 5.41) is 0. The molecule has 0 fully saturated rings. The molecule has 0 atom stereocenters. The topological polar surface area (TPSA) is 34.1 Å². The summed E-state index contributed by atoms with van der Waals surface area (Å²) in [5.74, 6) is 0.563. The van der Waals surface area contributed by atoms with Crippen molar-refractivity contribution >= 4 is 33.0 Å². The van der Waals surface area contributed by atoms with Crippen molar-refractivity contribution in [2.45, 2.75) is 35.4 Å². The summed E-state index contributed by atoms with van der Waals surface area (Å²) in [4.78, 5) is 0.603. The molecule has 21 heavy (non-hydrogen) atoms. The van der Waals surface area contributed by atoms with Gasteiger partial charge >= 0.3 is 0 Å². The van der Waals surface area contributed by atoms with Gasteiger partial charge in [0.15, 0.2) is 0 Å². The molecular weight excluding hydrogens is 327 g/mol. The van der Waals surface area contributed by atoms with Crippen molar-refractivity contribution in [3.8, 4) is 0 Å². The fourth-order valence-electron chi connectivity index (χ4n) is 2.15. The van der Waals surface area contributed by atoms with Gasteiger partial charge in [0.1, 0.15) is 0 Å². The van der Waals surface area contributed by atoms with Crippen LogP contribution in [0.1, 0.15) is 22.3 Å². The summed E-state index contributed by atoms with van der Waals surface area (Å²) in [7, 11) is -3.58. The molecule has 0 amide bonds. The predicted octanol–water partition coefficient (Wildman–Crippen LogP) is 4.61. The lowest BCUT2D eigenvalue weighted by molar-refractivity contribution is 0.594. The molecule has 112 valence electrons. The fourth-order valence-corrected chi connectivity index (χ4v) is 4.32. The van der Waals surface area contributed by atoms with Gasteiger partial charge in [-0.1, -0.05) is 24.3 Å². The lowest BCUT2D eigenvalue weighted by Gasteiger charge is -2.12. The van der Waals surface area contributed by atoms with E-state index in [1.807, 2.05) is 12.1 Å². The number of alkyl halides is 2. The van der Waals surface area contributed by atoms with E-state index in [0.717, 1.165) is 11.1 Å². The first-order valence-corrected chi connectivity index (χ1v) is 9.01. The zero-order chi connectivity index (χ0) is 15.6. The van der Waals surface area contributed by atoms with Crippen LogP contribution in [0, 0.1) is 13.8 Å². The first-order valence-electron chi connectivity index (χ1n) is 6.46. The normalized spacial score (nSPS) is 11.6. The highest BCUT2D eigenvalue weighted by molar-refractivity contribution is 7.91. The molecule has 5 heteroatoms. The number of aryl methyl sites for hydroxylation is 2. The van der Waals surface area contributed by atoms with Gasteiger partial charge in [0, 0.05) is 11.8 Å². The van der Waals surface area contributed by atoms with E-state index in [4.69, 9.17) is 23.2 Å². The second-order valence-corrected chi connectivity index (χ2v) is 7.39. The molecule has 0 aliphatic heterocycles. The molecular formula is C16H16Cl2O2S. The molecule has 0 bridgehead atoms. The number of hydrogen-bond donors (Lipinski definition) is 0. The molecule has 0 aliphatic carbocycles. The minimum Gasteiger partial charge on any atom is -0.218 e. The van der Waals surface area contributed by atoms with Crippen LogP contribution in [0.5, 0.6) is 0 Å².